The predicted molar refractivity (Wildman–Crippen MR) is 77.3 cm³/mol. The standard InChI is InChI=1S/C13H15N5O3/c1-20-8-3-5-11(21-2)10(7-8)15-13(19)9-4-6-12(16-14)18-17-9/h3-7H,14H2,1-2H3,(H,15,19)(H,16,18). The Kier molecular flexibility index (Phi) is 4.52. The lowest BCUT2D eigenvalue weighted by atomic mass is 10.2. The lowest BCUT2D eigenvalue weighted by Gasteiger charge is -2.11. The van der Waals surface area contributed by atoms with Crippen molar-refractivity contribution >= 4 is 17.4 Å². The molecule has 0 aliphatic carbocycles. The molecule has 1 heterocycles. The molecule has 0 radical (unpaired) electrons. The van der Waals surface area contributed by atoms with Gasteiger partial charge in [0.2, 0.25) is 0 Å². The smallest absolute Gasteiger partial charge is 0.276 e. The number of carbonyl (C=O) groups excluding carboxylic acids is 1. The van der Waals surface area contributed by atoms with Crippen molar-refractivity contribution in [2.24, 2.45) is 5.84 Å². The van der Waals surface area contributed by atoms with E-state index in [4.69, 9.17) is 15.3 Å². The van der Waals surface area contributed by atoms with Crippen LogP contribution in [0, 0.1) is 0 Å². The molecule has 0 unspecified atom stereocenters. The number of hydrogen-bond acceptors (Lipinski definition) is 7. The minimum atomic E-state index is -0.419. The first-order valence-corrected chi connectivity index (χ1v) is 6.01. The number of hydrazine groups is 1. The zero-order valence-corrected chi connectivity index (χ0v) is 11.6. The van der Waals surface area contributed by atoms with Crippen molar-refractivity contribution in [2.45, 2.75) is 0 Å². The Hall–Kier alpha value is -2.87. The number of benzene rings is 1. The fourth-order valence-corrected chi connectivity index (χ4v) is 1.63. The van der Waals surface area contributed by atoms with Crippen molar-refractivity contribution in [2.75, 3.05) is 25.0 Å². The van der Waals surface area contributed by atoms with E-state index in [-0.39, 0.29) is 5.69 Å². The van der Waals surface area contributed by atoms with Crippen molar-refractivity contribution in [3.8, 4) is 11.5 Å². The highest BCUT2D eigenvalue weighted by atomic mass is 16.5. The van der Waals surface area contributed by atoms with Crippen molar-refractivity contribution in [1.82, 2.24) is 10.2 Å². The first-order valence-electron chi connectivity index (χ1n) is 6.01. The number of rotatable bonds is 5. The molecule has 0 aliphatic heterocycles. The molecule has 4 N–H and O–H groups in total. The van der Waals surface area contributed by atoms with Gasteiger partial charge < -0.3 is 20.2 Å². The summed E-state index contributed by atoms with van der Waals surface area (Å²) in [6.07, 6.45) is 0. The average molecular weight is 289 g/mol. The lowest BCUT2D eigenvalue weighted by molar-refractivity contribution is 0.102. The Labute approximate surface area is 121 Å². The molecule has 2 aromatic rings. The molecular weight excluding hydrogens is 274 g/mol. The first-order chi connectivity index (χ1) is 10.2. The summed E-state index contributed by atoms with van der Waals surface area (Å²) in [7, 11) is 3.05. The van der Waals surface area contributed by atoms with Gasteiger partial charge in [-0.1, -0.05) is 0 Å². The van der Waals surface area contributed by atoms with E-state index in [1.165, 1.54) is 20.3 Å². The van der Waals surface area contributed by atoms with E-state index < -0.39 is 5.91 Å². The van der Waals surface area contributed by atoms with Gasteiger partial charge >= 0.3 is 0 Å². The summed E-state index contributed by atoms with van der Waals surface area (Å²) in [6.45, 7) is 0. The topological polar surface area (TPSA) is 111 Å². The van der Waals surface area contributed by atoms with Crippen molar-refractivity contribution in [1.29, 1.82) is 0 Å². The van der Waals surface area contributed by atoms with Crippen LogP contribution in [0.2, 0.25) is 0 Å². The van der Waals surface area contributed by atoms with E-state index in [9.17, 15) is 4.79 Å². The van der Waals surface area contributed by atoms with Crippen LogP contribution in [0.25, 0.3) is 0 Å². The van der Waals surface area contributed by atoms with E-state index in [2.05, 4.69) is 20.9 Å². The van der Waals surface area contributed by atoms with Gasteiger partial charge in [-0.3, -0.25) is 4.79 Å². The van der Waals surface area contributed by atoms with Gasteiger partial charge in [0.05, 0.1) is 19.9 Å². The van der Waals surface area contributed by atoms with Gasteiger partial charge in [0, 0.05) is 6.07 Å². The molecule has 1 amide bonds. The molecule has 110 valence electrons. The van der Waals surface area contributed by atoms with Crippen molar-refractivity contribution < 1.29 is 14.3 Å². The maximum atomic E-state index is 12.1. The number of carbonyl (C=O) groups is 1. The summed E-state index contributed by atoms with van der Waals surface area (Å²) in [5.41, 5.74) is 2.96. The van der Waals surface area contributed by atoms with E-state index in [0.29, 0.717) is 23.0 Å². The molecule has 1 aromatic carbocycles. The Morgan fingerprint density at radius 1 is 1.14 bits per heavy atom. The predicted octanol–water partition coefficient (Wildman–Crippen LogP) is 1.03. The molecule has 1 aromatic heterocycles. The molecule has 21 heavy (non-hydrogen) atoms. The molecule has 0 saturated carbocycles. The SMILES string of the molecule is COc1ccc(OC)c(NC(=O)c2ccc(NN)nn2)c1. The molecule has 8 nitrogen and oxygen atoms in total. The van der Waals surface area contributed by atoms with E-state index in [1.54, 1.807) is 24.3 Å². The van der Waals surface area contributed by atoms with Crippen LogP contribution in [0.1, 0.15) is 10.5 Å². The van der Waals surface area contributed by atoms with Crippen LogP contribution in [0.15, 0.2) is 30.3 Å². The number of nitrogens with two attached hydrogens (primary N) is 1. The Bertz CT molecular complexity index is 630. The van der Waals surface area contributed by atoms with Crippen molar-refractivity contribution in [3.63, 3.8) is 0 Å². The quantitative estimate of drug-likeness (QED) is 0.556. The number of ether oxygens (including phenoxy) is 2. The number of amides is 1. The minimum absolute atomic E-state index is 0.152. The Morgan fingerprint density at radius 3 is 2.52 bits per heavy atom. The van der Waals surface area contributed by atoms with Crippen molar-refractivity contribution in [3.05, 3.63) is 36.0 Å². The van der Waals surface area contributed by atoms with Crippen LogP contribution < -0.4 is 26.1 Å². The molecule has 0 fully saturated rings. The summed E-state index contributed by atoms with van der Waals surface area (Å²) in [6, 6.07) is 8.13. The second-order valence-corrected chi connectivity index (χ2v) is 3.97. The molecule has 0 aliphatic rings. The molecular formula is C13H15N5O3. The van der Waals surface area contributed by atoms with Gasteiger partial charge in [0.1, 0.15) is 11.5 Å². The highest BCUT2D eigenvalue weighted by Crippen LogP contribution is 2.29. The van der Waals surface area contributed by atoms with Crippen LogP contribution in [-0.2, 0) is 0 Å². The zero-order valence-electron chi connectivity index (χ0n) is 11.6. The van der Waals surface area contributed by atoms with Crippen LogP contribution in [0.4, 0.5) is 11.5 Å². The summed E-state index contributed by atoms with van der Waals surface area (Å²) in [5, 5.41) is 10.2. The number of anilines is 2. The summed E-state index contributed by atoms with van der Waals surface area (Å²) in [4.78, 5) is 12.1. The van der Waals surface area contributed by atoms with Gasteiger partial charge in [-0.15, -0.1) is 10.2 Å². The molecule has 0 spiro atoms. The highest BCUT2D eigenvalue weighted by molar-refractivity contribution is 6.03. The second-order valence-electron chi connectivity index (χ2n) is 3.97. The average Bonchev–Trinajstić information content (AvgIpc) is 2.54. The number of methoxy groups -OCH3 is 2. The monoisotopic (exact) mass is 289 g/mol. The van der Waals surface area contributed by atoms with Gasteiger partial charge in [0.15, 0.2) is 11.5 Å². The van der Waals surface area contributed by atoms with Crippen LogP contribution in [-0.4, -0.2) is 30.3 Å². The molecule has 0 atom stereocenters. The summed E-state index contributed by atoms with van der Waals surface area (Å²) >= 11 is 0. The maximum Gasteiger partial charge on any atom is 0.276 e. The number of nitrogens with one attached hydrogen (secondary N) is 2. The summed E-state index contributed by atoms with van der Waals surface area (Å²) < 4.78 is 10.3. The highest BCUT2D eigenvalue weighted by Gasteiger charge is 2.12. The Balaban J connectivity index is 2.21. The number of nitrogens with zero attached hydrogens (tertiary/aromatic N) is 2. The van der Waals surface area contributed by atoms with E-state index in [1.807, 2.05) is 0 Å². The summed E-state index contributed by atoms with van der Waals surface area (Å²) in [5.74, 6) is 6.24. The van der Waals surface area contributed by atoms with Crippen LogP contribution >= 0.6 is 0 Å². The van der Waals surface area contributed by atoms with E-state index in [0.717, 1.165) is 0 Å². The number of aromatic nitrogens is 2. The fourth-order valence-electron chi connectivity index (χ4n) is 1.63. The number of hydrogen-bond donors (Lipinski definition) is 3. The number of nitrogen functional groups attached to an aromatic ring is 1. The normalized spacial score (nSPS) is 9.86. The fraction of sp³-hybridized carbons (Fsp3) is 0.154. The first kappa shape index (κ1) is 14.5. The second kappa shape index (κ2) is 6.53. The zero-order chi connectivity index (χ0) is 15.2. The van der Waals surface area contributed by atoms with Crippen LogP contribution in [0.3, 0.4) is 0 Å². The third-order valence-corrected chi connectivity index (χ3v) is 2.70. The van der Waals surface area contributed by atoms with E-state index >= 15 is 0 Å². The maximum absolute atomic E-state index is 12.1. The van der Waals surface area contributed by atoms with Gasteiger partial charge in [-0.2, -0.15) is 0 Å². The third kappa shape index (κ3) is 3.37. The largest absolute Gasteiger partial charge is 0.497 e. The van der Waals surface area contributed by atoms with Crippen LogP contribution in [0.5, 0.6) is 11.5 Å². The van der Waals surface area contributed by atoms with Gasteiger partial charge in [0.25, 0.3) is 5.91 Å². The molecule has 2 rings (SSSR count). The lowest BCUT2D eigenvalue weighted by Crippen LogP contribution is -2.16. The minimum Gasteiger partial charge on any atom is -0.497 e. The molecule has 0 bridgehead atoms. The molecule has 8 heteroatoms. The van der Waals surface area contributed by atoms with Gasteiger partial charge in [-0.05, 0) is 24.3 Å². The third-order valence-electron chi connectivity index (χ3n) is 2.70. The Morgan fingerprint density at radius 2 is 1.95 bits per heavy atom. The van der Waals surface area contributed by atoms with Gasteiger partial charge in [-0.25, -0.2) is 5.84 Å². The molecule has 0 saturated heterocycles.